The molecule has 0 saturated heterocycles. The number of rotatable bonds is 1. The first-order chi connectivity index (χ1) is 6.79. The molecule has 2 rings (SSSR count). The SMILES string of the molecule is CCC1CNCc2cnc(Cl)cc2O1. The van der Waals surface area contributed by atoms with Crippen LogP contribution in [0.1, 0.15) is 18.9 Å². The molecule has 1 aliphatic heterocycles. The number of nitrogens with one attached hydrogen (secondary N) is 1. The van der Waals surface area contributed by atoms with E-state index in [2.05, 4.69) is 17.2 Å². The topological polar surface area (TPSA) is 34.2 Å². The standard InChI is InChI=1S/C10H13ClN2O/c1-2-8-6-12-4-7-5-13-10(11)3-9(7)14-8/h3,5,8,12H,2,4,6H2,1H3. The van der Waals surface area contributed by atoms with Gasteiger partial charge in [-0.15, -0.1) is 0 Å². The predicted molar refractivity (Wildman–Crippen MR) is 55.7 cm³/mol. The zero-order chi connectivity index (χ0) is 9.97. The molecule has 2 heterocycles. The fourth-order valence-corrected chi connectivity index (χ4v) is 1.65. The molecule has 76 valence electrons. The van der Waals surface area contributed by atoms with Gasteiger partial charge in [0.1, 0.15) is 17.0 Å². The van der Waals surface area contributed by atoms with Gasteiger partial charge in [0.05, 0.1) is 0 Å². The maximum Gasteiger partial charge on any atom is 0.132 e. The predicted octanol–water partition coefficient (Wildman–Crippen LogP) is 2.00. The van der Waals surface area contributed by atoms with Gasteiger partial charge >= 0.3 is 0 Å². The molecule has 4 heteroatoms. The molecule has 0 radical (unpaired) electrons. The van der Waals surface area contributed by atoms with Gasteiger partial charge in [0.2, 0.25) is 0 Å². The molecule has 3 nitrogen and oxygen atoms in total. The number of halogens is 1. The molecule has 0 bridgehead atoms. The van der Waals surface area contributed by atoms with Crippen LogP contribution in [-0.2, 0) is 6.54 Å². The van der Waals surface area contributed by atoms with E-state index in [1.54, 1.807) is 12.3 Å². The minimum atomic E-state index is 0.231. The van der Waals surface area contributed by atoms with Crippen molar-refractivity contribution in [2.45, 2.75) is 26.0 Å². The lowest BCUT2D eigenvalue weighted by Gasteiger charge is -2.14. The van der Waals surface area contributed by atoms with Gasteiger partial charge < -0.3 is 10.1 Å². The number of hydrogen-bond acceptors (Lipinski definition) is 3. The third-order valence-electron chi connectivity index (χ3n) is 2.35. The molecule has 0 aliphatic carbocycles. The van der Waals surface area contributed by atoms with Crippen molar-refractivity contribution in [3.8, 4) is 5.75 Å². The highest BCUT2D eigenvalue weighted by Crippen LogP contribution is 2.24. The molecule has 0 saturated carbocycles. The minimum absolute atomic E-state index is 0.231. The number of fused-ring (bicyclic) bond motifs is 1. The average Bonchev–Trinajstić information content (AvgIpc) is 2.38. The summed E-state index contributed by atoms with van der Waals surface area (Å²) in [5, 5.41) is 3.80. The lowest BCUT2D eigenvalue weighted by atomic mass is 10.2. The Kier molecular flexibility index (Phi) is 2.89. The molecule has 1 unspecified atom stereocenters. The number of hydrogen-bond donors (Lipinski definition) is 1. The van der Waals surface area contributed by atoms with Crippen molar-refractivity contribution in [2.75, 3.05) is 6.54 Å². The molecule has 1 aliphatic rings. The highest BCUT2D eigenvalue weighted by atomic mass is 35.5. The van der Waals surface area contributed by atoms with E-state index < -0.39 is 0 Å². The molecule has 0 fully saturated rings. The summed E-state index contributed by atoms with van der Waals surface area (Å²) in [5.74, 6) is 0.863. The van der Waals surface area contributed by atoms with Crippen LogP contribution in [0.3, 0.4) is 0 Å². The second-order valence-corrected chi connectivity index (χ2v) is 3.78. The molecule has 14 heavy (non-hydrogen) atoms. The van der Waals surface area contributed by atoms with Crippen LogP contribution in [0.2, 0.25) is 5.15 Å². The van der Waals surface area contributed by atoms with Crippen LogP contribution < -0.4 is 10.1 Å². The maximum atomic E-state index is 5.81. The quantitative estimate of drug-likeness (QED) is 0.723. The van der Waals surface area contributed by atoms with Gasteiger partial charge in [0.25, 0.3) is 0 Å². The van der Waals surface area contributed by atoms with Crippen LogP contribution >= 0.6 is 11.6 Å². The van der Waals surface area contributed by atoms with Crippen molar-refractivity contribution < 1.29 is 4.74 Å². The van der Waals surface area contributed by atoms with E-state index in [9.17, 15) is 0 Å². The Hall–Kier alpha value is -0.800. The van der Waals surface area contributed by atoms with Crippen LogP contribution in [0, 0.1) is 0 Å². The van der Waals surface area contributed by atoms with Crippen LogP contribution in [-0.4, -0.2) is 17.6 Å². The van der Waals surface area contributed by atoms with Crippen LogP contribution in [0.15, 0.2) is 12.3 Å². The van der Waals surface area contributed by atoms with Crippen molar-refractivity contribution >= 4 is 11.6 Å². The van der Waals surface area contributed by atoms with Crippen LogP contribution in [0.5, 0.6) is 5.75 Å². The summed E-state index contributed by atoms with van der Waals surface area (Å²) < 4.78 is 5.80. The Labute approximate surface area is 88.4 Å². The first-order valence-electron chi connectivity index (χ1n) is 4.81. The summed E-state index contributed by atoms with van der Waals surface area (Å²) in [4.78, 5) is 4.03. The van der Waals surface area contributed by atoms with Gasteiger partial charge in [0.15, 0.2) is 0 Å². The lowest BCUT2D eigenvalue weighted by Crippen LogP contribution is -2.27. The third-order valence-corrected chi connectivity index (χ3v) is 2.55. The van der Waals surface area contributed by atoms with Gasteiger partial charge in [-0.25, -0.2) is 4.98 Å². The molecular formula is C10H13ClN2O. The first-order valence-corrected chi connectivity index (χ1v) is 5.19. The third kappa shape index (κ3) is 1.99. The highest BCUT2D eigenvalue weighted by molar-refractivity contribution is 6.29. The second-order valence-electron chi connectivity index (χ2n) is 3.39. The van der Waals surface area contributed by atoms with E-state index in [0.717, 1.165) is 30.8 Å². The van der Waals surface area contributed by atoms with Gasteiger partial charge in [-0.1, -0.05) is 18.5 Å². The van der Waals surface area contributed by atoms with Gasteiger partial charge in [0, 0.05) is 30.9 Å². The van der Waals surface area contributed by atoms with E-state index in [1.165, 1.54) is 0 Å². The number of ether oxygens (including phenoxy) is 1. The monoisotopic (exact) mass is 212 g/mol. The van der Waals surface area contributed by atoms with Crippen molar-refractivity contribution in [3.05, 3.63) is 23.0 Å². The molecule has 1 aromatic rings. The average molecular weight is 213 g/mol. The van der Waals surface area contributed by atoms with Crippen molar-refractivity contribution in [2.24, 2.45) is 0 Å². The van der Waals surface area contributed by atoms with E-state index >= 15 is 0 Å². The molecule has 0 aromatic carbocycles. The van der Waals surface area contributed by atoms with Gasteiger partial charge in [-0.05, 0) is 6.42 Å². The Balaban J connectivity index is 2.28. The maximum absolute atomic E-state index is 5.81. The summed E-state index contributed by atoms with van der Waals surface area (Å²) >= 11 is 5.81. The number of aromatic nitrogens is 1. The molecule has 1 atom stereocenters. The summed E-state index contributed by atoms with van der Waals surface area (Å²) in [6.07, 6.45) is 2.99. The van der Waals surface area contributed by atoms with E-state index in [0.29, 0.717) is 5.15 Å². The molecule has 0 amide bonds. The normalized spacial score (nSPS) is 20.9. The van der Waals surface area contributed by atoms with Gasteiger partial charge in [-0.2, -0.15) is 0 Å². The van der Waals surface area contributed by atoms with Crippen LogP contribution in [0.25, 0.3) is 0 Å². The largest absolute Gasteiger partial charge is 0.489 e. The van der Waals surface area contributed by atoms with Crippen LogP contribution in [0.4, 0.5) is 0 Å². The Bertz CT molecular complexity index is 330. The Morgan fingerprint density at radius 2 is 2.57 bits per heavy atom. The van der Waals surface area contributed by atoms with Crippen molar-refractivity contribution in [1.29, 1.82) is 0 Å². The molecule has 0 spiro atoms. The van der Waals surface area contributed by atoms with E-state index in [4.69, 9.17) is 16.3 Å². The summed E-state index contributed by atoms with van der Waals surface area (Å²) in [6.45, 7) is 3.79. The van der Waals surface area contributed by atoms with Crippen molar-refractivity contribution in [3.63, 3.8) is 0 Å². The highest BCUT2D eigenvalue weighted by Gasteiger charge is 2.16. The fourth-order valence-electron chi connectivity index (χ4n) is 1.50. The van der Waals surface area contributed by atoms with E-state index in [-0.39, 0.29) is 6.10 Å². The zero-order valence-corrected chi connectivity index (χ0v) is 8.84. The number of pyridine rings is 1. The smallest absolute Gasteiger partial charge is 0.132 e. The molecular weight excluding hydrogens is 200 g/mol. The van der Waals surface area contributed by atoms with Gasteiger partial charge in [-0.3, -0.25) is 0 Å². The lowest BCUT2D eigenvalue weighted by molar-refractivity contribution is 0.202. The Morgan fingerprint density at radius 1 is 1.71 bits per heavy atom. The van der Waals surface area contributed by atoms with E-state index in [1.807, 2.05) is 0 Å². The Morgan fingerprint density at radius 3 is 3.36 bits per heavy atom. The first kappa shape index (κ1) is 9.74. The summed E-state index contributed by atoms with van der Waals surface area (Å²) in [6, 6.07) is 1.78. The zero-order valence-electron chi connectivity index (χ0n) is 8.09. The number of nitrogens with zero attached hydrogens (tertiary/aromatic N) is 1. The second kappa shape index (κ2) is 4.15. The summed E-state index contributed by atoms with van der Waals surface area (Å²) in [7, 11) is 0. The minimum Gasteiger partial charge on any atom is -0.489 e. The summed E-state index contributed by atoms with van der Waals surface area (Å²) in [5.41, 5.74) is 1.07. The molecule has 1 aromatic heterocycles. The fraction of sp³-hybridized carbons (Fsp3) is 0.500. The van der Waals surface area contributed by atoms with Crippen molar-refractivity contribution in [1.82, 2.24) is 10.3 Å². The molecule has 1 N–H and O–H groups in total.